The van der Waals surface area contributed by atoms with Gasteiger partial charge in [-0.3, -0.25) is 4.57 Å². The number of hydrogen-bond acceptors (Lipinski definition) is 7. The van der Waals surface area contributed by atoms with E-state index in [1.54, 1.807) is 0 Å². The molecule has 19 aromatic rings. The monoisotopic (exact) mass is 1340 g/mol. The van der Waals surface area contributed by atoms with Crippen LogP contribution in [0, 0.1) is 0 Å². The second-order valence-corrected chi connectivity index (χ2v) is 26.4. The number of aromatic nitrogens is 8. The maximum absolute atomic E-state index is 5.42. The highest BCUT2D eigenvalue weighted by Gasteiger charge is 2.23. The molecule has 0 N–H and O–H groups in total. The molecule has 490 valence electrons. The molecule has 0 bridgehead atoms. The van der Waals surface area contributed by atoms with Gasteiger partial charge >= 0.3 is 0 Å². The van der Waals surface area contributed by atoms with Crippen LogP contribution >= 0.6 is 0 Å². The summed E-state index contributed by atoms with van der Waals surface area (Å²) in [5, 5.41) is 7.36. The summed E-state index contributed by atoms with van der Waals surface area (Å²) in [7, 11) is 0. The van der Waals surface area contributed by atoms with E-state index in [4.69, 9.17) is 34.9 Å². The Labute approximate surface area is 607 Å². The highest BCUT2D eigenvalue weighted by molar-refractivity contribution is 6.22. The summed E-state index contributed by atoms with van der Waals surface area (Å²) in [5.74, 6) is 2.00. The average molecular weight is 1340 g/mol. The fourth-order valence-electron chi connectivity index (χ4n) is 14.7. The van der Waals surface area contributed by atoms with E-state index < -0.39 is 0 Å². The topological polar surface area (TPSA) is 95.2 Å². The minimum Gasteiger partial charge on any atom is -0.292 e. The van der Waals surface area contributed by atoms with Crippen molar-refractivity contribution in [3.8, 4) is 152 Å². The standard InChI is InChI=1S/C97H62N8/c1-6-24-63(25-7-1)76-57-85(69-29-10-3-11-30-69)98-88(60-76)94-102-95(89-61-77(64-26-8-2-9-27-64)58-86(99-89)70-31-12-4-13-32-70)104-96(103-94)90-62-78(59-87(100-90)71-33-14-5-15-34-71)68-44-42-66(43-45-68)67-46-49-73(50-47-67)97-101-84-40-22-23-41-91(84)105(97)79-54-52-72(53-55-79)92-80-36-18-20-38-82(80)93(83-39-21-19-37-81(83)92)75-51-48-65-28-16-17-35-74(65)56-75/h1-62H. The third-order valence-electron chi connectivity index (χ3n) is 19.9. The molecule has 5 aromatic heterocycles. The van der Waals surface area contributed by atoms with E-state index in [9.17, 15) is 0 Å². The van der Waals surface area contributed by atoms with Gasteiger partial charge in [0.1, 0.15) is 22.9 Å². The van der Waals surface area contributed by atoms with Crippen LogP contribution in [0.3, 0.4) is 0 Å². The second-order valence-electron chi connectivity index (χ2n) is 26.4. The Morgan fingerprint density at radius 2 is 0.495 bits per heavy atom. The van der Waals surface area contributed by atoms with Crippen molar-refractivity contribution in [2.45, 2.75) is 0 Å². The van der Waals surface area contributed by atoms with Gasteiger partial charge in [0.25, 0.3) is 0 Å². The summed E-state index contributed by atoms with van der Waals surface area (Å²) in [5.41, 5.74) is 23.9. The van der Waals surface area contributed by atoms with Crippen LogP contribution in [0.25, 0.3) is 196 Å². The Hall–Kier alpha value is -14.2. The molecule has 0 aliphatic rings. The van der Waals surface area contributed by atoms with Gasteiger partial charge in [-0.25, -0.2) is 34.9 Å². The molecule has 0 saturated carbocycles. The Morgan fingerprint density at radius 3 is 0.933 bits per heavy atom. The first-order chi connectivity index (χ1) is 52.0. The molecule has 0 atom stereocenters. The second kappa shape index (κ2) is 26.7. The van der Waals surface area contributed by atoms with Crippen molar-refractivity contribution in [3.63, 3.8) is 0 Å². The van der Waals surface area contributed by atoms with Crippen molar-refractivity contribution in [2.75, 3.05) is 0 Å². The lowest BCUT2D eigenvalue weighted by Gasteiger charge is -2.18. The van der Waals surface area contributed by atoms with Crippen LogP contribution in [0.2, 0.25) is 0 Å². The molecular weight excluding hydrogens is 1280 g/mol. The number of para-hydroxylation sites is 2. The van der Waals surface area contributed by atoms with Crippen molar-refractivity contribution in [3.05, 3.63) is 376 Å². The number of pyridine rings is 3. The van der Waals surface area contributed by atoms with Gasteiger partial charge in [-0.1, -0.05) is 309 Å². The molecule has 0 amide bonds. The molecule has 105 heavy (non-hydrogen) atoms. The van der Waals surface area contributed by atoms with Crippen molar-refractivity contribution in [1.82, 2.24) is 39.5 Å². The van der Waals surface area contributed by atoms with Crippen LogP contribution in [0.4, 0.5) is 0 Å². The van der Waals surface area contributed by atoms with Gasteiger partial charge in [0, 0.05) is 27.9 Å². The zero-order chi connectivity index (χ0) is 69.6. The van der Waals surface area contributed by atoms with Gasteiger partial charge in [-0.05, 0) is 166 Å². The largest absolute Gasteiger partial charge is 0.292 e. The molecular formula is C97H62N8. The Kier molecular flexibility index (Phi) is 15.7. The van der Waals surface area contributed by atoms with E-state index in [1.165, 1.54) is 49.0 Å². The van der Waals surface area contributed by atoms with E-state index in [0.717, 1.165) is 112 Å². The first-order valence-electron chi connectivity index (χ1n) is 35.3. The predicted octanol–water partition coefficient (Wildman–Crippen LogP) is 24.5. The van der Waals surface area contributed by atoms with Crippen molar-refractivity contribution < 1.29 is 0 Å². The number of fused-ring (bicyclic) bond motifs is 4. The number of benzene rings is 14. The zero-order valence-electron chi connectivity index (χ0n) is 56.9. The van der Waals surface area contributed by atoms with Gasteiger partial charge in [0.05, 0.1) is 28.1 Å². The van der Waals surface area contributed by atoms with E-state index in [2.05, 4.69) is 314 Å². The summed E-state index contributed by atoms with van der Waals surface area (Å²) < 4.78 is 2.29. The molecule has 8 nitrogen and oxygen atoms in total. The Balaban J connectivity index is 0.686. The third-order valence-corrected chi connectivity index (χ3v) is 19.9. The van der Waals surface area contributed by atoms with Crippen LogP contribution in [-0.2, 0) is 0 Å². The quantitative estimate of drug-likeness (QED) is 0.100. The molecule has 0 saturated heterocycles. The van der Waals surface area contributed by atoms with Crippen molar-refractivity contribution in [2.24, 2.45) is 0 Å². The van der Waals surface area contributed by atoms with E-state index in [1.807, 2.05) is 66.7 Å². The minimum absolute atomic E-state index is 0.374. The number of nitrogens with zero attached hydrogens (tertiary/aromatic N) is 8. The maximum atomic E-state index is 5.42. The van der Waals surface area contributed by atoms with Crippen molar-refractivity contribution >= 4 is 43.4 Å². The van der Waals surface area contributed by atoms with Gasteiger partial charge in [0.15, 0.2) is 17.5 Å². The molecule has 19 rings (SSSR count). The van der Waals surface area contributed by atoms with E-state index >= 15 is 0 Å². The number of rotatable bonds is 14. The third kappa shape index (κ3) is 11.9. The highest BCUT2D eigenvalue weighted by Crippen LogP contribution is 2.45. The summed E-state index contributed by atoms with van der Waals surface area (Å²) in [6.45, 7) is 0. The smallest absolute Gasteiger partial charge is 0.182 e. The summed E-state index contributed by atoms with van der Waals surface area (Å²) in [6, 6.07) is 132. The molecule has 8 heteroatoms. The molecule has 0 fully saturated rings. The maximum Gasteiger partial charge on any atom is 0.182 e. The van der Waals surface area contributed by atoms with Crippen LogP contribution < -0.4 is 0 Å². The lowest BCUT2D eigenvalue weighted by molar-refractivity contribution is 1.04. The lowest BCUT2D eigenvalue weighted by atomic mass is 9.85. The highest BCUT2D eigenvalue weighted by atomic mass is 15.1. The van der Waals surface area contributed by atoms with E-state index in [-0.39, 0.29) is 0 Å². The normalized spacial score (nSPS) is 11.4. The lowest BCUT2D eigenvalue weighted by Crippen LogP contribution is -2.05. The van der Waals surface area contributed by atoms with Crippen LogP contribution in [0.1, 0.15) is 0 Å². The van der Waals surface area contributed by atoms with Crippen LogP contribution in [0.15, 0.2) is 376 Å². The van der Waals surface area contributed by atoms with E-state index in [0.29, 0.717) is 34.6 Å². The first-order valence-corrected chi connectivity index (χ1v) is 35.3. The summed E-state index contributed by atoms with van der Waals surface area (Å²) in [6.07, 6.45) is 0. The van der Waals surface area contributed by atoms with Gasteiger partial charge in [-0.2, -0.15) is 0 Å². The summed E-state index contributed by atoms with van der Waals surface area (Å²) >= 11 is 0. The molecule has 0 unspecified atom stereocenters. The molecule has 0 aliphatic carbocycles. The fourth-order valence-corrected chi connectivity index (χ4v) is 14.7. The van der Waals surface area contributed by atoms with Gasteiger partial charge < -0.3 is 0 Å². The summed E-state index contributed by atoms with van der Waals surface area (Å²) in [4.78, 5) is 37.6. The molecule has 14 aromatic carbocycles. The Bertz CT molecular complexity index is 6150. The number of hydrogen-bond donors (Lipinski definition) is 0. The fraction of sp³-hybridized carbons (Fsp3) is 0. The Morgan fingerprint density at radius 1 is 0.181 bits per heavy atom. The van der Waals surface area contributed by atoms with Gasteiger partial charge in [0.2, 0.25) is 0 Å². The number of imidazole rings is 1. The van der Waals surface area contributed by atoms with Gasteiger partial charge in [-0.15, -0.1) is 0 Å². The van der Waals surface area contributed by atoms with Crippen molar-refractivity contribution in [1.29, 1.82) is 0 Å². The van der Waals surface area contributed by atoms with Crippen LogP contribution in [-0.4, -0.2) is 39.5 Å². The predicted molar refractivity (Wildman–Crippen MR) is 431 cm³/mol. The molecule has 0 spiro atoms. The van der Waals surface area contributed by atoms with Crippen LogP contribution in [0.5, 0.6) is 0 Å². The zero-order valence-corrected chi connectivity index (χ0v) is 56.9. The molecule has 0 radical (unpaired) electrons. The average Bonchev–Trinajstić information content (AvgIpc) is 1.56. The minimum atomic E-state index is 0.374. The molecule has 0 aliphatic heterocycles. The SMILES string of the molecule is c1ccc(-c2cc(-c3ccccc3)nc(-c3nc(-c4cc(-c5ccccc5)cc(-c5ccccc5)n4)nc(-c4cc(-c5ccc(-c6ccc(-c7nc8ccccc8n7-c7ccc(-c8c9ccccc9c(-c9ccc%10ccccc%10c9)c9ccccc89)cc7)cc6)cc5)cc(-c5ccccc5)n4)n3)c2)cc1. The molecule has 5 heterocycles. The first kappa shape index (κ1) is 61.8.